The van der Waals surface area contributed by atoms with Crippen LogP contribution in [0.4, 0.5) is 5.95 Å². The number of imidazole rings is 1. The van der Waals surface area contributed by atoms with Crippen LogP contribution in [-0.2, 0) is 6.54 Å². The molecular weight excluding hydrogens is 260 g/mol. The maximum Gasteiger partial charge on any atom is 0.203 e. The van der Waals surface area contributed by atoms with Gasteiger partial charge in [-0.2, -0.15) is 0 Å². The molecule has 2 aromatic rings. The van der Waals surface area contributed by atoms with E-state index in [4.69, 9.17) is 4.98 Å². The second-order valence-electron chi connectivity index (χ2n) is 5.88. The van der Waals surface area contributed by atoms with E-state index in [1.54, 1.807) is 0 Å². The zero-order valence-electron chi connectivity index (χ0n) is 13.8. The Morgan fingerprint density at radius 3 is 2.57 bits per heavy atom. The van der Waals surface area contributed by atoms with Crippen molar-refractivity contribution in [1.82, 2.24) is 14.5 Å². The Hall–Kier alpha value is -1.55. The van der Waals surface area contributed by atoms with Crippen LogP contribution >= 0.6 is 0 Å². The summed E-state index contributed by atoms with van der Waals surface area (Å²) in [4.78, 5) is 7.17. The van der Waals surface area contributed by atoms with Crippen molar-refractivity contribution in [2.75, 3.05) is 31.5 Å². The number of para-hydroxylation sites is 2. The van der Waals surface area contributed by atoms with E-state index >= 15 is 0 Å². The normalized spacial score (nSPS) is 11.7. The highest BCUT2D eigenvalue weighted by Gasteiger charge is 2.11. The van der Waals surface area contributed by atoms with Crippen molar-refractivity contribution < 1.29 is 0 Å². The van der Waals surface area contributed by atoms with E-state index in [-0.39, 0.29) is 0 Å². The Bertz CT molecular complexity index is 555. The van der Waals surface area contributed by atoms with E-state index in [0.717, 1.165) is 44.2 Å². The summed E-state index contributed by atoms with van der Waals surface area (Å²) < 4.78 is 2.31. The Morgan fingerprint density at radius 1 is 1.19 bits per heavy atom. The molecule has 116 valence electrons. The number of nitrogens with zero attached hydrogens (tertiary/aromatic N) is 3. The van der Waals surface area contributed by atoms with E-state index in [2.05, 4.69) is 66.7 Å². The average Bonchev–Trinajstić information content (AvgIpc) is 2.81. The molecule has 0 spiro atoms. The van der Waals surface area contributed by atoms with Gasteiger partial charge in [-0.05, 0) is 31.1 Å². The second kappa shape index (κ2) is 7.46. The van der Waals surface area contributed by atoms with Gasteiger partial charge in [0.15, 0.2) is 0 Å². The lowest BCUT2D eigenvalue weighted by molar-refractivity contribution is 0.315. The highest BCUT2D eigenvalue weighted by atomic mass is 15.2. The third kappa shape index (κ3) is 3.97. The van der Waals surface area contributed by atoms with Gasteiger partial charge in [0.2, 0.25) is 5.95 Å². The summed E-state index contributed by atoms with van der Waals surface area (Å²) in [6, 6.07) is 8.37. The fraction of sp³-hybridized carbons (Fsp3) is 0.588. The molecule has 0 saturated carbocycles. The van der Waals surface area contributed by atoms with Crippen molar-refractivity contribution in [3.63, 3.8) is 0 Å². The molecule has 0 aliphatic heterocycles. The molecule has 0 aliphatic carbocycles. The number of hydrogen-bond donors (Lipinski definition) is 1. The first-order valence-corrected chi connectivity index (χ1v) is 8.07. The molecule has 0 atom stereocenters. The molecule has 0 aliphatic rings. The maximum absolute atomic E-state index is 4.75. The molecule has 0 radical (unpaired) electrons. The van der Waals surface area contributed by atoms with Gasteiger partial charge in [-0.1, -0.05) is 39.8 Å². The Kier molecular flexibility index (Phi) is 5.62. The minimum absolute atomic E-state index is 0.603. The standard InChI is InChI=1S/C17H28N4/c1-5-20(6-2)12-11-18-17-19-15-9-7-8-10-16(15)21(17)13-14(3)4/h7-10,14H,5-6,11-13H2,1-4H3,(H,18,19). The van der Waals surface area contributed by atoms with Gasteiger partial charge >= 0.3 is 0 Å². The van der Waals surface area contributed by atoms with Gasteiger partial charge in [-0.15, -0.1) is 0 Å². The van der Waals surface area contributed by atoms with Crippen LogP contribution in [0.5, 0.6) is 0 Å². The van der Waals surface area contributed by atoms with Crippen molar-refractivity contribution >= 4 is 17.0 Å². The molecular formula is C17H28N4. The van der Waals surface area contributed by atoms with E-state index in [1.807, 2.05) is 0 Å². The third-order valence-electron chi connectivity index (χ3n) is 3.81. The highest BCUT2D eigenvalue weighted by Crippen LogP contribution is 2.20. The lowest BCUT2D eigenvalue weighted by Crippen LogP contribution is -2.29. The minimum Gasteiger partial charge on any atom is -0.354 e. The second-order valence-corrected chi connectivity index (χ2v) is 5.88. The summed E-state index contributed by atoms with van der Waals surface area (Å²) in [6.45, 7) is 14.1. The fourth-order valence-corrected chi connectivity index (χ4v) is 2.63. The summed E-state index contributed by atoms with van der Waals surface area (Å²) in [5.41, 5.74) is 2.29. The Labute approximate surface area is 128 Å². The lowest BCUT2D eigenvalue weighted by atomic mass is 10.2. The number of hydrogen-bond acceptors (Lipinski definition) is 3. The van der Waals surface area contributed by atoms with Gasteiger partial charge in [0, 0.05) is 19.6 Å². The average molecular weight is 288 g/mol. The molecule has 0 fully saturated rings. The fourth-order valence-electron chi connectivity index (χ4n) is 2.63. The highest BCUT2D eigenvalue weighted by molar-refractivity contribution is 5.78. The first-order chi connectivity index (χ1) is 10.2. The number of aromatic nitrogens is 2. The van der Waals surface area contributed by atoms with Crippen LogP contribution in [0.2, 0.25) is 0 Å². The molecule has 1 aromatic carbocycles. The van der Waals surface area contributed by atoms with Crippen molar-refractivity contribution in [3.05, 3.63) is 24.3 Å². The molecule has 2 rings (SSSR count). The molecule has 0 bridgehead atoms. The summed E-state index contributed by atoms with van der Waals surface area (Å²) >= 11 is 0. The molecule has 0 unspecified atom stereocenters. The Balaban J connectivity index is 2.14. The van der Waals surface area contributed by atoms with Crippen molar-refractivity contribution in [1.29, 1.82) is 0 Å². The van der Waals surface area contributed by atoms with Crippen LogP contribution in [0.15, 0.2) is 24.3 Å². The molecule has 1 heterocycles. The number of likely N-dealkylation sites (N-methyl/N-ethyl adjacent to an activating group) is 1. The molecule has 4 heteroatoms. The molecule has 21 heavy (non-hydrogen) atoms. The number of nitrogens with one attached hydrogen (secondary N) is 1. The monoisotopic (exact) mass is 288 g/mol. The smallest absolute Gasteiger partial charge is 0.203 e. The largest absolute Gasteiger partial charge is 0.354 e. The van der Waals surface area contributed by atoms with Crippen LogP contribution in [0.25, 0.3) is 11.0 Å². The predicted octanol–water partition coefficient (Wildman–Crippen LogP) is 3.45. The molecule has 0 saturated heterocycles. The van der Waals surface area contributed by atoms with E-state index < -0.39 is 0 Å². The van der Waals surface area contributed by atoms with Gasteiger partial charge in [-0.3, -0.25) is 0 Å². The van der Waals surface area contributed by atoms with E-state index in [1.165, 1.54) is 5.52 Å². The molecule has 1 aromatic heterocycles. The van der Waals surface area contributed by atoms with Gasteiger partial charge in [-0.25, -0.2) is 4.98 Å². The predicted molar refractivity (Wildman–Crippen MR) is 90.8 cm³/mol. The van der Waals surface area contributed by atoms with Gasteiger partial charge < -0.3 is 14.8 Å². The topological polar surface area (TPSA) is 33.1 Å². The quantitative estimate of drug-likeness (QED) is 0.807. The van der Waals surface area contributed by atoms with Crippen molar-refractivity contribution in [2.24, 2.45) is 5.92 Å². The summed E-state index contributed by atoms with van der Waals surface area (Å²) in [6.07, 6.45) is 0. The SMILES string of the molecule is CCN(CC)CCNc1nc2ccccc2n1CC(C)C. The van der Waals surface area contributed by atoms with Crippen molar-refractivity contribution in [2.45, 2.75) is 34.2 Å². The molecule has 0 amide bonds. The number of anilines is 1. The summed E-state index contributed by atoms with van der Waals surface area (Å²) in [5.74, 6) is 1.60. The Morgan fingerprint density at radius 2 is 1.90 bits per heavy atom. The zero-order valence-corrected chi connectivity index (χ0v) is 13.8. The minimum atomic E-state index is 0.603. The number of benzene rings is 1. The van der Waals surface area contributed by atoms with Gasteiger partial charge in [0.1, 0.15) is 0 Å². The van der Waals surface area contributed by atoms with E-state index in [0.29, 0.717) is 5.92 Å². The van der Waals surface area contributed by atoms with Crippen molar-refractivity contribution in [3.8, 4) is 0 Å². The first kappa shape index (κ1) is 15.8. The van der Waals surface area contributed by atoms with Crippen LogP contribution in [0, 0.1) is 5.92 Å². The number of fused-ring (bicyclic) bond motifs is 1. The molecule has 1 N–H and O–H groups in total. The van der Waals surface area contributed by atoms with Crippen LogP contribution in [-0.4, -0.2) is 40.6 Å². The van der Waals surface area contributed by atoms with E-state index in [9.17, 15) is 0 Å². The lowest BCUT2D eigenvalue weighted by Gasteiger charge is -2.19. The summed E-state index contributed by atoms with van der Waals surface area (Å²) in [7, 11) is 0. The van der Waals surface area contributed by atoms with Gasteiger partial charge in [0.25, 0.3) is 0 Å². The third-order valence-corrected chi connectivity index (χ3v) is 3.81. The molecule has 4 nitrogen and oxygen atoms in total. The van der Waals surface area contributed by atoms with Gasteiger partial charge in [0.05, 0.1) is 11.0 Å². The first-order valence-electron chi connectivity index (χ1n) is 8.07. The van der Waals surface area contributed by atoms with Crippen LogP contribution < -0.4 is 5.32 Å². The van der Waals surface area contributed by atoms with Crippen LogP contribution in [0.3, 0.4) is 0 Å². The number of rotatable bonds is 8. The maximum atomic E-state index is 4.75. The summed E-state index contributed by atoms with van der Waals surface area (Å²) in [5, 5.41) is 3.52. The van der Waals surface area contributed by atoms with Crippen LogP contribution in [0.1, 0.15) is 27.7 Å². The zero-order chi connectivity index (χ0) is 15.2.